The number of hydrogen-bond acceptors (Lipinski definition) is 4. The topological polar surface area (TPSA) is 52.6 Å². The first-order chi connectivity index (χ1) is 7.76. The molecular formula is C12H18O4S. The summed E-state index contributed by atoms with van der Waals surface area (Å²) in [7, 11) is -1.82. The number of benzene rings is 1. The highest BCUT2D eigenvalue weighted by Gasteiger charge is 2.13. The standard InChI is InChI=1S/C12H18O4S/c1-8-6-9(2)12(15-4)10(3)11(8)7-16-17(5,13)14/h6H,7H2,1-5H3. The predicted molar refractivity (Wildman–Crippen MR) is 66.8 cm³/mol. The zero-order chi connectivity index (χ0) is 13.2. The molecule has 0 aliphatic heterocycles. The Kier molecular flexibility index (Phi) is 4.16. The molecule has 0 aromatic heterocycles. The monoisotopic (exact) mass is 258 g/mol. The molecule has 0 bridgehead atoms. The summed E-state index contributed by atoms with van der Waals surface area (Å²) in [6, 6.07) is 1.97. The number of aryl methyl sites for hydroxylation is 2. The maximum Gasteiger partial charge on any atom is 0.264 e. The van der Waals surface area contributed by atoms with Crippen LogP contribution in [0.3, 0.4) is 0 Å². The van der Waals surface area contributed by atoms with Crippen molar-refractivity contribution in [1.29, 1.82) is 0 Å². The van der Waals surface area contributed by atoms with Crippen molar-refractivity contribution in [2.75, 3.05) is 13.4 Å². The Hall–Kier alpha value is -1.07. The van der Waals surface area contributed by atoms with E-state index >= 15 is 0 Å². The van der Waals surface area contributed by atoms with Gasteiger partial charge in [0.05, 0.1) is 20.0 Å². The minimum Gasteiger partial charge on any atom is -0.496 e. The van der Waals surface area contributed by atoms with Crippen LogP contribution in [0.1, 0.15) is 22.3 Å². The minimum absolute atomic E-state index is 0.0487. The van der Waals surface area contributed by atoms with Crippen LogP contribution >= 0.6 is 0 Å². The lowest BCUT2D eigenvalue weighted by molar-refractivity contribution is 0.309. The Morgan fingerprint density at radius 1 is 1.18 bits per heavy atom. The first-order valence-corrected chi connectivity index (χ1v) is 7.06. The fraction of sp³-hybridized carbons (Fsp3) is 0.500. The average molecular weight is 258 g/mol. The van der Waals surface area contributed by atoms with Gasteiger partial charge in [-0.2, -0.15) is 8.42 Å². The van der Waals surface area contributed by atoms with Gasteiger partial charge in [0, 0.05) is 0 Å². The lowest BCUT2D eigenvalue weighted by atomic mass is 9.99. The molecule has 0 heterocycles. The van der Waals surface area contributed by atoms with Gasteiger partial charge in [-0.15, -0.1) is 0 Å². The number of hydrogen-bond donors (Lipinski definition) is 0. The van der Waals surface area contributed by atoms with Gasteiger partial charge in [-0.3, -0.25) is 4.18 Å². The third-order valence-corrected chi connectivity index (χ3v) is 3.23. The van der Waals surface area contributed by atoms with Crippen molar-refractivity contribution in [2.24, 2.45) is 0 Å². The number of methoxy groups -OCH3 is 1. The molecule has 0 radical (unpaired) electrons. The van der Waals surface area contributed by atoms with Crippen LogP contribution in [0, 0.1) is 20.8 Å². The van der Waals surface area contributed by atoms with Gasteiger partial charge in [0.15, 0.2) is 0 Å². The van der Waals surface area contributed by atoms with Crippen LogP contribution in [0.25, 0.3) is 0 Å². The molecule has 96 valence electrons. The zero-order valence-electron chi connectivity index (χ0n) is 10.8. The van der Waals surface area contributed by atoms with Crippen molar-refractivity contribution in [1.82, 2.24) is 0 Å². The Bertz CT molecular complexity index is 518. The molecule has 0 aliphatic rings. The fourth-order valence-electron chi connectivity index (χ4n) is 1.91. The normalized spacial score (nSPS) is 11.6. The van der Waals surface area contributed by atoms with Crippen molar-refractivity contribution < 1.29 is 17.3 Å². The van der Waals surface area contributed by atoms with E-state index in [0.717, 1.165) is 34.3 Å². The molecular weight excluding hydrogens is 240 g/mol. The summed E-state index contributed by atoms with van der Waals surface area (Å²) in [4.78, 5) is 0. The maximum atomic E-state index is 11.0. The third kappa shape index (κ3) is 3.44. The average Bonchev–Trinajstić information content (AvgIpc) is 2.15. The van der Waals surface area contributed by atoms with Gasteiger partial charge in [-0.1, -0.05) is 6.07 Å². The smallest absolute Gasteiger partial charge is 0.264 e. The van der Waals surface area contributed by atoms with Gasteiger partial charge >= 0.3 is 0 Å². The molecule has 1 rings (SSSR count). The summed E-state index contributed by atoms with van der Waals surface area (Å²) >= 11 is 0. The Morgan fingerprint density at radius 2 is 1.76 bits per heavy atom. The molecule has 5 heteroatoms. The van der Waals surface area contributed by atoms with E-state index < -0.39 is 10.1 Å². The molecule has 0 amide bonds. The zero-order valence-corrected chi connectivity index (χ0v) is 11.6. The summed E-state index contributed by atoms with van der Waals surface area (Å²) in [5, 5.41) is 0. The van der Waals surface area contributed by atoms with Crippen molar-refractivity contribution in [2.45, 2.75) is 27.4 Å². The van der Waals surface area contributed by atoms with Crippen LogP contribution in [-0.2, 0) is 20.9 Å². The molecule has 17 heavy (non-hydrogen) atoms. The second kappa shape index (κ2) is 5.06. The predicted octanol–water partition coefficient (Wildman–Crippen LogP) is 2.10. The molecule has 0 saturated heterocycles. The third-order valence-electron chi connectivity index (χ3n) is 2.68. The van der Waals surface area contributed by atoms with Crippen molar-refractivity contribution in [3.05, 3.63) is 28.3 Å². The van der Waals surface area contributed by atoms with Crippen LogP contribution in [-0.4, -0.2) is 21.8 Å². The highest BCUT2D eigenvalue weighted by molar-refractivity contribution is 7.85. The van der Waals surface area contributed by atoms with E-state index in [1.165, 1.54) is 0 Å². The second-order valence-corrected chi connectivity index (χ2v) is 5.76. The van der Waals surface area contributed by atoms with E-state index in [1.54, 1.807) is 7.11 Å². The largest absolute Gasteiger partial charge is 0.496 e. The van der Waals surface area contributed by atoms with Gasteiger partial charge in [-0.05, 0) is 43.0 Å². The van der Waals surface area contributed by atoms with Crippen LogP contribution < -0.4 is 4.74 Å². The summed E-state index contributed by atoms with van der Waals surface area (Å²) in [5.41, 5.74) is 3.82. The van der Waals surface area contributed by atoms with Crippen LogP contribution in [0.4, 0.5) is 0 Å². The van der Waals surface area contributed by atoms with Crippen LogP contribution in [0.5, 0.6) is 5.75 Å². The van der Waals surface area contributed by atoms with Crippen molar-refractivity contribution in [3.8, 4) is 5.75 Å². The SMILES string of the molecule is COc1c(C)cc(C)c(COS(C)(=O)=O)c1C. The summed E-state index contributed by atoms with van der Waals surface area (Å²) in [6.45, 7) is 5.84. The summed E-state index contributed by atoms with van der Waals surface area (Å²) in [5.74, 6) is 0.780. The molecule has 1 aromatic carbocycles. The van der Waals surface area contributed by atoms with Crippen molar-refractivity contribution in [3.63, 3.8) is 0 Å². The van der Waals surface area contributed by atoms with E-state index in [2.05, 4.69) is 0 Å². The second-order valence-electron chi connectivity index (χ2n) is 4.11. The molecule has 0 unspecified atom stereocenters. The quantitative estimate of drug-likeness (QED) is 0.776. The molecule has 4 nitrogen and oxygen atoms in total. The van der Waals surface area contributed by atoms with E-state index in [0.29, 0.717) is 0 Å². The highest BCUT2D eigenvalue weighted by Crippen LogP contribution is 2.29. The number of rotatable bonds is 4. The highest BCUT2D eigenvalue weighted by atomic mass is 32.2. The molecule has 0 aliphatic carbocycles. The maximum absolute atomic E-state index is 11.0. The Labute approximate surface area is 103 Å². The van der Waals surface area contributed by atoms with Gasteiger partial charge in [0.2, 0.25) is 0 Å². The van der Waals surface area contributed by atoms with E-state index in [4.69, 9.17) is 8.92 Å². The lowest BCUT2D eigenvalue weighted by Gasteiger charge is -2.15. The van der Waals surface area contributed by atoms with Gasteiger partial charge in [0.1, 0.15) is 5.75 Å². The molecule has 0 spiro atoms. The summed E-state index contributed by atoms with van der Waals surface area (Å²) < 4.78 is 32.1. The van der Waals surface area contributed by atoms with E-state index in [1.807, 2.05) is 26.8 Å². The molecule has 0 N–H and O–H groups in total. The lowest BCUT2D eigenvalue weighted by Crippen LogP contribution is -2.06. The fourth-order valence-corrected chi connectivity index (χ4v) is 2.24. The van der Waals surface area contributed by atoms with Crippen molar-refractivity contribution >= 4 is 10.1 Å². The molecule has 1 aromatic rings. The summed E-state index contributed by atoms with van der Waals surface area (Å²) in [6.07, 6.45) is 1.04. The first kappa shape index (κ1) is 14.0. The Morgan fingerprint density at radius 3 is 2.24 bits per heavy atom. The molecule has 0 atom stereocenters. The van der Waals surface area contributed by atoms with E-state index in [9.17, 15) is 8.42 Å². The Balaban J connectivity index is 3.16. The van der Waals surface area contributed by atoms with Gasteiger partial charge in [-0.25, -0.2) is 0 Å². The molecule has 0 saturated carbocycles. The first-order valence-electron chi connectivity index (χ1n) is 5.24. The van der Waals surface area contributed by atoms with Gasteiger partial charge in [0.25, 0.3) is 10.1 Å². The molecule has 0 fully saturated rings. The minimum atomic E-state index is -3.43. The van der Waals surface area contributed by atoms with Crippen LogP contribution in [0.15, 0.2) is 6.07 Å². The van der Waals surface area contributed by atoms with Crippen LogP contribution in [0.2, 0.25) is 0 Å². The van der Waals surface area contributed by atoms with E-state index in [-0.39, 0.29) is 6.61 Å². The van der Waals surface area contributed by atoms with Gasteiger partial charge < -0.3 is 4.74 Å². The number of ether oxygens (including phenoxy) is 1.